The second-order valence-corrected chi connectivity index (χ2v) is 5.93. The molecule has 0 spiro atoms. The minimum atomic E-state index is -0.622. The Balaban J connectivity index is 1.83. The van der Waals surface area contributed by atoms with Crippen molar-refractivity contribution in [3.63, 3.8) is 0 Å². The Morgan fingerprint density at radius 2 is 1.57 bits per heavy atom. The lowest BCUT2D eigenvalue weighted by Gasteiger charge is -2.30. The van der Waals surface area contributed by atoms with E-state index in [0.717, 1.165) is 44.9 Å². The highest BCUT2D eigenvalue weighted by atomic mass is 16.7. The third-order valence-corrected chi connectivity index (χ3v) is 4.35. The second-order valence-electron chi connectivity index (χ2n) is 5.93. The molecule has 0 aromatic heterocycles. The van der Waals surface area contributed by atoms with Gasteiger partial charge in [0.2, 0.25) is 0 Å². The standard InChI is InChI=1S/C16H26O5/c1-2-19-15(17)13-10-6-7-11-14(13)21-16(18)20-12-8-4-3-5-9-12/h12-14H,2-11H2,1H3. The van der Waals surface area contributed by atoms with E-state index in [0.29, 0.717) is 13.0 Å². The molecule has 2 atom stereocenters. The van der Waals surface area contributed by atoms with Crippen molar-refractivity contribution in [1.82, 2.24) is 0 Å². The van der Waals surface area contributed by atoms with E-state index >= 15 is 0 Å². The quantitative estimate of drug-likeness (QED) is 0.742. The SMILES string of the molecule is CCOC(=O)C1CCCCC1OC(=O)OC1CCCCC1. The van der Waals surface area contributed by atoms with Crippen LogP contribution in [-0.4, -0.2) is 30.9 Å². The van der Waals surface area contributed by atoms with Gasteiger partial charge in [0.25, 0.3) is 0 Å². The van der Waals surface area contributed by atoms with E-state index in [1.807, 2.05) is 0 Å². The van der Waals surface area contributed by atoms with E-state index in [9.17, 15) is 9.59 Å². The van der Waals surface area contributed by atoms with Crippen LogP contribution in [0.2, 0.25) is 0 Å². The molecule has 0 heterocycles. The highest BCUT2D eigenvalue weighted by Gasteiger charge is 2.35. The smallest absolute Gasteiger partial charge is 0.466 e. The maximum absolute atomic E-state index is 11.9. The Labute approximate surface area is 126 Å². The van der Waals surface area contributed by atoms with Crippen molar-refractivity contribution >= 4 is 12.1 Å². The number of ether oxygens (including phenoxy) is 3. The molecule has 2 fully saturated rings. The van der Waals surface area contributed by atoms with Crippen molar-refractivity contribution in [2.45, 2.75) is 76.9 Å². The van der Waals surface area contributed by atoms with Crippen molar-refractivity contribution in [3.05, 3.63) is 0 Å². The average Bonchev–Trinajstić information content (AvgIpc) is 2.49. The molecule has 2 aliphatic rings. The third kappa shape index (κ3) is 4.90. The lowest BCUT2D eigenvalue weighted by atomic mass is 9.86. The van der Waals surface area contributed by atoms with Crippen molar-refractivity contribution in [1.29, 1.82) is 0 Å². The van der Waals surface area contributed by atoms with Crippen LogP contribution in [0.1, 0.15) is 64.7 Å². The zero-order valence-corrected chi connectivity index (χ0v) is 12.8. The van der Waals surface area contributed by atoms with Gasteiger partial charge in [0.15, 0.2) is 0 Å². The zero-order valence-electron chi connectivity index (χ0n) is 12.8. The summed E-state index contributed by atoms with van der Waals surface area (Å²) in [5.41, 5.74) is 0. The van der Waals surface area contributed by atoms with Gasteiger partial charge >= 0.3 is 12.1 Å². The number of hydrogen-bond acceptors (Lipinski definition) is 5. The van der Waals surface area contributed by atoms with Crippen LogP contribution in [-0.2, 0) is 19.0 Å². The number of hydrogen-bond donors (Lipinski definition) is 0. The van der Waals surface area contributed by atoms with E-state index < -0.39 is 12.3 Å². The summed E-state index contributed by atoms with van der Waals surface area (Å²) in [6, 6.07) is 0. The molecular weight excluding hydrogens is 272 g/mol. The Hall–Kier alpha value is -1.26. The van der Waals surface area contributed by atoms with Crippen LogP contribution < -0.4 is 0 Å². The van der Waals surface area contributed by atoms with E-state index in [-0.39, 0.29) is 18.0 Å². The molecule has 0 amide bonds. The third-order valence-electron chi connectivity index (χ3n) is 4.35. The molecule has 0 saturated heterocycles. The summed E-state index contributed by atoms with van der Waals surface area (Å²) in [5, 5.41) is 0. The topological polar surface area (TPSA) is 61.8 Å². The van der Waals surface area contributed by atoms with Gasteiger partial charge in [-0.1, -0.05) is 12.8 Å². The van der Waals surface area contributed by atoms with Crippen LogP contribution in [0.3, 0.4) is 0 Å². The number of rotatable bonds is 4. The van der Waals surface area contributed by atoms with Gasteiger partial charge in [-0.3, -0.25) is 4.79 Å². The molecule has 0 aromatic carbocycles. The minimum Gasteiger partial charge on any atom is -0.466 e. The van der Waals surface area contributed by atoms with Gasteiger partial charge in [-0.25, -0.2) is 4.79 Å². The number of carbonyl (C=O) groups is 2. The molecule has 21 heavy (non-hydrogen) atoms. The Kier molecular flexibility index (Phi) is 6.33. The van der Waals surface area contributed by atoms with Gasteiger partial charge in [-0.15, -0.1) is 0 Å². The predicted octanol–water partition coefficient (Wildman–Crippen LogP) is 3.59. The first kappa shape index (κ1) is 16.1. The second kappa shape index (κ2) is 8.25. The van der Waals surface area contributed by atoms with Crippen LogP contribution in [0, 0.1) is 5.92 Å². The minimum absolute atomic E-state index is 0.0177. The first-order valence-corrected chi connectivity index (χ1v) is 8.24. The molecular formula is C16H26O5. The highest BCUT2D eigenvalue weighted by molar-refractivity contribution is 5.73. The molecule has 0 bridgehead atoms. The van der Waals surface area contributed by atoms with E-state index in [1.54, 1.807) is 6.92 Å². The van der Waals surface area contributed by atoms with Crippen LogP contribution in [0.15, 0.2) is 0 Å². The van der Waals surface area contributed by atoms with Crippen LogP contribution in [0.25, 0.3) is 0 Å². The Morgan fingerprint density at radius 1 is 0.905 bits per heavy atom. The summed E-state index contributed by atoms with van der Waals surface area (Å²) in [7, 11) is 0. The molecule has 0 N–H and O–H groups in total. The Morgan fingerprint density at radius 3 is 2.29 bits per heavy atom. The fraction of sp³-hybridized carbons (Fsp3) is 0.875. The van der Waals surface area contributed by atoms with Crippen molar-refractivity contribution in [2.24, 2.45) is 5.92 Å². The molecule has 5 nitrogen and oxygen atoms in total. The monoisotopic (exact) mass is 298 g/mol. The summed E-state index contributed by atoms with van der Waals surface area (Å²) in [6.07, 6.45) is 7.60. The lowest BCUT2D eigenvalue weighted by Crippen LogP contribution is -2.37. The molecule has 2 unspecified atom stereocenters. The Bertz CT molecular complexity index is 349. The van der Waals surface area contributed by atoms with Crippen LogP contribution in [0.5, 0.6) is 0 Å². The molecule has 2 rings (SSSR count). The van der Waals surface area contributed by atoms with Gasteiger partial charge in [-0.05, 0) is 51.9 Å². The number of carbonyl (C=O) groups excluding carboxylic acids is 2. The first-order chi connectivity index (χ1) is 10.2. The predicted molar refractivity (Wildman–Crippen MR) is 76.8 cm³/mol. The maximum atomic E-state index is 11.9. The summed E-state index contributed by atoms with van der Waals surface area (Å²) in [6.45, 7) is 2.14. The van der Waals surface area contributed by atoms with Crippen molar-refractivity contribution in [2.75, 3.05) is 6.61 Å². The molecule has 0 aromatic rings. The zero-order chi connectivity index (χ0) is 15.1. The van der Waals surface area contributed by atoms with Gasteiger partial charge in [0.05, 0.1) is 12.5 Å². The fourth-order valence-corrected chi connectivity index (χ4v) is 3.23. The largest absolute Gasteiger partial charge is 0.508 e. The molecule has 120 valence electrons. The van der Waals surface area contributed by atoms with E-state index in [1.165, 1.54) is 6.42 Å². The van der Waals surface area contributed by atoms with Gasteiger partial charge < -0.3 is 14.2 Å². The van der Waals surface area contributed by atoms with Crippen molar-refractivity contribution in [3.8, 4) is 0 Å². The summed E-state index contributed by atoms with van der Waals surface area (Å²) in [4.78, 5) is 23.8. The van der Waals surface area contributed by atoms with Gasteiger partial charge in [0, 0.05) is 0 Å². The fourth-order valence-electron chi connectivity index (χ4n) is 3.23. The summed E-state index contributed by atoms with van der Waals surface area (Å²) >= 11 is 0. The van der Waals surface area contributed by atoms with Crippen molar-refractivity contribution < 1.29 is 23.8 Å². The number of esters is 1. The highest BCUT2D eigenvalue weighted by Crippen LogP contribution is 2.29. The lowest BCUT2D eigenvalue weighted by molar-refractivity contribution is -0.154. The molecule has 5 heteroatoms. The molecule has 2 saturated carbocycles. The summed E-state index contributed by atoms with van der Waals surface area (Å²) in [5.74, 6) is -0.592. The van der Waals surface area contributed by atoms with Gasteiger partial charge in [-0.2, -0.15) is 0 Å². The van der Waals surface area contributed by atoms with Crippen LogP contribution >= 0.6 is 0 Å². The molecule has 2 aliphatic carbocycles. The van der Waals surface area contributed by atoms with Crippen LogP contribution in [0.4, 0.5) is 4.79 Å². The average molecular weight is 298 g/mol. The first-order valence-electron chi connectivity index (χ1n) is 8.24. The maximum Gasteiger partial charge on any atom is 0.508 e. The van der Waals surface area contributed by atoms with Gasteiger partial charge in [0.1, 0.15) is 12.2 Å². The van der Waals surface area contributed by atoms with E-state index in [2.05, 4.69) is 0 Å². The molecule has 0 radical (unpaired) electrons. The molecule has 0 aliphatic heterocycles. The van der Waals surface area contributed by atoms with E-state index in [4.69, 9.17) is 14.2 Å². The summed E-state index contributed by atoms with van der Waals surface area (Å²) < 4.78 is 15.9. The normalized spacial score (nSPS) is 26.9.